The van der Waals surface area contributed by atoms with Crippen LogP contribution >= 0.6 is 33.5 Å². The highest BCUT2D eigenvalue weighted by Gasteiger charge is 2.16. The monoisotopic (exact) mass is 173 g/mol. The fourth-order valence-corrected chi connectivity index (χ4v) is 0.960. The molecule has 0 amide bonds. The summed E-state index contributed by atoms with van der Waals surface area (Å²) >= 11 is 7.28. The Morgan fingerprint density at radius 1 is 1.25 bits per heavy atom. The summed E-state index contributed by atoms with van der Waals surface area (Å²) in [6.45, 7) is 0. The van der Waals surface area contributed by atoms with Crippen LogP contribution in [0.5, 0.6) is 0 Å². The van der Waals surface area contributed by atoms with E-state index in [0.717, 1.165) is 0 Å². The summed E-state index contributed by atoms with van der Waals surface area (Å²) in [7, 11) is -1.98. The van der Waals surface area contributed by atoms with Gasteiger partial charge in [-0.1, -0.05) is 0 Å². The highest BCUT2D eigenvalue weighted by atomic mass is 32.1. The lowest BCUT2D eigenvalue weighted by Crippen LogP contribution is -1.78. The van der Waals surface area contributed by atoms with E-state index in [4.69, 9.17) is 0 Å². The smallest absolute Gasteiger partial charge is 0.146 e. The van der Waals surface area contributed by atoms with Crippen LogP contribution in [0, 0.1) is 0 Å². The van der Waals surface area contributed by atoms with Crippen LogP contribution in [-0.2, 0) is 13.6 Å². The second kappa shape index (κ2) is 5.85. The molecule has 0 saturated heterocycles. The van der Waals surface area contributed by atoms with Crippen molar-refractivity contribution in [1.82, 2.24) is 0 Å². The molecule has 3 nitrogen and oxygen atoms in total. The van der Waals surface area contributed by atoms with Crippen LogP contribution in [0.4, 0.5) is 0 Å². The highest BCUT2D eigenvalue weighted by molar-refractivity contribution is 7.80. The van der Waals surface area contributed by atoms with Gasteiger partial charge < -0.3 is 0 Å². The SMILES string of the molecule is O=[P+](OCS)OCS. The molecule has 0 aromatic rings. The summed E-state index contributed by atoms with van der Waals surface area (Å²) < 4.78 is 19.0. The van der Waals surface area contributed by atoms with Gasteiger partial charge in [0.2, 0.25) is 0 Å². The molecule has 0 aliphatic heterocycles. The summed E-state index contributed by atoms with van der Waals surface area (Å²) in [5.41, 5.74) is 0. The molecule has 0 fully saturated rings. The summed E-state index contributed by atoms with van der Waals surface area (Å²) in [4.78, 5) is 0. The third-order valence-electron chi connectivity index (χ3n) is 0.326. The third kappa shape index (κ3) is 4.87. The zero-order chi connectivity index (χ0) is 6.41. The second-order valence-electron chi connectivity index (χ2n) is 0.740. The van der Waals surface area contributed by atoms with Crippen LogP contribution in [0.25, 0.3) is 0 Å². The van der Waals surface area contributed by atoms with E-state index in [2.05, 4.69) is 34.3 Å². The van der Waals surface area contributed by atoms with Crippen LogP contribution in [0.3, 0.4) is 0 Å². The molecule has 6 heteroatoms. The molecule has 0 atom stereocenters. The largest absolute Gasteiger partial charge is 0.699 e. The first-order valence-electron chi connectivity index (χ1n) is 1.76. The molecule has 0 unspecified atom stereocenters. The predicted octanol–water partition coefficient (Wildman–Crippen LogP) is 1.45. The van der Waals surface area contributed by atoms with E-state index in [-0.39, 0.29) is 11.9 Å². The number of rotatable bonds is 4. The third-order valence-corrected chi connectivity index (χ3v) is 1.67. The number of hydrogen-bond acceptors (Lipinski definition) is 5. The second-order valence-corrected chi connectivity index (χ2v) is 2.22. The van der Waals surface area contributed by atoms with Crippen LogP contribution in [0.1, 0.15) is 0 Å². The van der Waals surface area contributed by atoms with Crippen molar-refractivity contribution < 1.29 is 13.6 Å². The summed E-state index contributed by atoms with van der Waals surface area (Å²) in [5.74, 6) is 0.200. The van der Waals surface area contributed by atoms with Crippen molar-refractivity contribution in [2.24, 2.45) is 0 Å². The van der Waals surface area contributed by atoms with E-state index in [1.165, 1.54) is 0 Å². The molecule has 0 saturated carbocycles. The average Bonchev–Trinajstić information content (AvgIpc) is 1.68. The molecule has 0 bridgehead atoms. The Balaban J connectivity index is 3.06. The lowest BCUT2D eigenvalue weighted by molar-refractivity contribution is 0.286. The van der Waals surface area contributed by atoms with Crippen molar-refractivity contribution >= 4 is 33.5 Å². The van der Waals surface area contributed by atoms with Crippen molar-refractivity contribution in [2.75, 3.05) is 11.9 Å². The lowest BCUT2D eigenvalue weighted by Gasteiger charge is -1.78. The fraction of sp³-hybridized carbons (Fsp3) is 1.00. The standard InChI is InChI=1S/C2H5O3PS2/c3-6(4-1-7)5-2-8/h1-2H2,(H-,7,8)/p+1. The van der Waals surface area contributed by atoms with Crippen LogP contribution in [0.15, 0.2) is 0 Å². The molecular formula is C2H6O3PS2+. The maximum atomic E-state index is 10.2. The van der Waals surface area contributed by atoms with Gasteiger partial charge in [0.15, 0.2) is 0 Å². The Morgan fingerprint density at radius 2 is 1.62 bits per heavy atom. The molecule has 0 aromatic carbocycles. The molecule has 0 aliphatic carbocycles. The molecule has 0 radical (unpaired) electrons. The molecule has 0 aromatic heterocycles. The Morgan fingerprint density at radius 3 is 1.88 bits per heavy atom. The van der Waals surface area contributed by atoms with Gasteiger partial charge in [-0.15, -0.1) is 34.3 Å². The molecule has 0 aliphatic rings. The molecule has 48 valence electrons. The van der Waals surface area contributed by atoms with Gasteiger partial charge in [-0.25, -0.2) is 0 Å². The van der Waals surface area contributed by atoms with Crippen LogP contribution < -0.4 is 0 Å². The molecule has 0 rings (SSSR count). The van der Waals surface area contributed by atoms with Crippen molar-refractivity contribution in [3.8, 4) is 0 Å². The van der Waals surface area contributed by atoms with Gasteiger partial charge in [0.25, 0.3) is 0 Å². The molecule has 8 heavy (non-hydrogen) atoms. The van der Waals surface area contributed by atoms with Gasteiger partial charge in [0.05, 0.1) is 0 Å². The Kier molecular flexibility index (Phi) is 6.38. The normalized spacial score (nSPS) is 9.25. The Hall–Kier alpha value is 0.720. The van der Waals surface area contributed by atoms with Gasteiger partial charge in [-0.3, -0.25) is 0 Å². The first-order valence-corrected chi connectivity index (χ1v) is 4.12. The molecule has 0 spiro atoms. The van der Waals surface area contributed by atoms with Crippen LogP contribution in [-0.4, -0.2) is 11.9 Å². The molecule has 0 heterocycles. The van der Waals surface area contributed by atoms with Gasteiger partial charge >= 0.3 is 8.25 Å². The number of thiol groups is 2. The van der Waals surface area contributed by atoms with Gasteiger partial charge in [0, 0.05) is 4.57 Å². The first-order chi connectivity index (χ1) is 3.81. The zero-order valence-electron chi connectivity index (χ0n) is 3.98. The van der Waals surface area contributed by atoms with E-state index < -0.39 is 8.25 Å². The first kappa shape index (κ1) is 8.72. The van der Waals surface area contributed by atoms with Crippen molar-refractivity contribution in [1.29, 1.82) is 0 Å². The molecule has 0 N–H and O–H groups in total. The van der Waals surface area contributed by atoms with E-state index in [1.54, 1.807) is 0 Å². The maximum Gasteiger partial charge on any atom is 0.699 e. The topological polar surface area (TPSA) is 35.5 Å². The lowest BCUT2D eigenvalue weighted by atomic mass is 11.7. The predicted molar refractivity (Wildman–Crippen MR) is 37.5 cm³/mol. The van der Waals surface area contributed by atoms with Gasteiger partial charge in [-0.2, -0.15) is 0 Å². The minimum Gasteiger partial charge on any atom is -0.146 e. The zero-order valence-corrected chi connectivity index (χ0v) is 6.66. The maximum absolute atomic E-state index is 10.2. The summed E-state index contributed by atoms with van der Waals surface area (Å²) in [6.07, 6.45) is 0. The van der Waals surface area contributed by atoms with Gasteiger partial charge in [0.1, 0.15) is 11.9 Å². The minimum atomic E-state index is -1.98. The average molecular weight is 173 g/mol. The Bertz CT molecular complexity index is 69.7. The van der Waals surface area contributed by atoms with E-state index in [1.807, 2.05) is 0 Å². The quantitative estimate of drug-likeness (QED) is 0.383. The summed E-state index contributed by atoms with van der Waals surface area (Å²) in [5, 5.41) is 0. The van der Waals surface area contributed by atoms with Crippen molar-refractivity contribution in [3.05, 3.63) is 0 Å². The van der Waals surface area contributed by atoms with Crippen LogP contribution in [0.2, 0.25) is 0 Å². The van der Waals surface area contributed by atoms with E-state index >= 15 is 0 Å². The van der Waals surface area contributed by atoms with Gasteiger partial charge in [-0.05, 0) is 0 Å². The van der Waals surface area contributed by atoms with Crippen molar-refractivity contribution in [2.45, 2.75) is 0 Å². The number of hydrogen-bond donors (Lipinski definition) is 2. The van der Waals surface area contributed by atoms with E-state index in [9.17, 15) is 4.57 Å². The van der Waals surface area contributed by atoms with E-state index in [0.29, 0.717) is 0 Å². The highest BCUT2D eigenvalue weighted by Crippen LogP contribution is 2.23. The fourth-order valence-electron chi connectivity index (χ4n) is 0.132. The minimum absolute atomic E-state index is 0.100. The summed E-state index contributed by atoms with van der Waals surface area (Å²) in [6, 6.07) is 0. The Labute approximate surface area is 59.5 Å². The molecular weight excluding hydrogens is 167 g/mol. The van der Waals surface area contributed by atoms with Crippen molar-refractivity contribution in [3.63, 3.8) is 0 Å².